The van der Waals surface area contributed by atoms with Gasteiger partial charge in [-0.15, -0.1) is 9.78 Å². The molecule has 1 saturated heterocycles. The first-order chi connectivity index (χ1) is 14.5. The lowest BCUT2D eigenvalue weighted by atomic mass is 10.1. The number of aromatic nitrogens is 3. The van der Waals surface area contributed by atoms with Crippen LogP contribution < -0.4 is 15.8 Å². The molecule has 0 radical (unpaired) electrons. The monoisotopic (exact) mass is 404 g/mol. The van der Waals surface area contributed by atoms with Gasteiger partial charge in [0.15, 0.2) is 5.82 Å². The lowest BCUT2D eigenvalue weighted by Crippen LogP contribution is -2.16. The Morgan fingerprint density at radius 2 is 1.90 bits per heavy atom. The number of hydrogen-bond donors (Lipinski definition) is 3. The highest BCUT2D eigenvalue weighted by atomic mass is 16.5. The van der Waals surface area contributed by atoms with Gasteiger partial charge in [0.2, 0.25) is 5.91 Å². The Morgan fingerprint density at radius 3 is 2.53 bits per heavy atom. The molecule has 0 spiro atoms. The van der Waals surface area contributed by atoms with Crippen molar-refractivity contribution in [2.45, 2.75) is 18.9 Å². The standard InChI is InChI=1S/C21H20N6O3/c22-18(23)14-8-6-13(7-9-14)12-30-21-25-19(16-10-17(28)24-11-16)26-27(21)20(29)15-4-2-1-3-5-15/h1-9,16H,10-12H2,(H3,22,23)(H,24,28). The van der Waals surface area contributed by atoms with Crippen molar-refractivity contribution >= 4 is 17.6 Å². The average molecular weight is 404 g/mol. The molecule has 1 fully saturated rings. The molecule has 1 atom stereocenters. The molecule has 0 bridgehead atoms. The number of nitrogens with zero attached hydrogens (tertiary/aromatic N) is 3. The highest BCUT2D eigenvalue weighted by Gasteiger charge is 2.29. The number of nitrogen functional groups attached to an aromatic ring is 1. The van der Waals surface area contributed by atoms with Crippen molar-refractivity contribution in [1.82, 2.24) is 20.1 Å². The molecular weight excluding hydrogens is 384 g/mol. The molecule has 1 unspecified atom stereocenters. The number of rotatable bonds is 6. The summed E-state index contributed by atoms with van der Waals surface area (Å²) in [5.74, 6) is -0.272. The third-order valence-electron chi connectivity index (χ3n) is 4.78. The maximum Gasteiger partial charge on any atom is 0.323 e. The van der Waals surface area contributed by atoms with E-state index in [-0.39, 0.29) is 42.6 Å². The van der Waals surface area contributed by atoms with Crippen molar-refractivity contribution in [3.63, 3.8) is 0 Å². The van der Waals surface area contributed by atoms with Crippen LogP contribution in [0.3, 0.4) is 0 Å². The van der Waals surface area contributed by atoms with Crippen LogP contribution in [-0.2, 0) is 11.4 Å². The summed E-state index contributed by atoms with van der Waals surface area (Å²) in [4.78, 5) is 28.9. The smallest absolute Gasteiger partial charge is 0.323 e. The summed E-state index contributed by atoms with van der Waals surface area (Å²) in [6, 6.07) is 15.8. The minimum absolute atomic E-state index is 0.0139. The number of carbonyl (C=O) groups is 2. The first-order valence-electron chi connectivity index (χ1n) is 9.41. The Morgan fingerprint density at radius 1 is 1.17 bits per heavy atom. The number of amides is 1. The van der Waals surface area contributed by atoms with Crippen LogP contribution in [0.1, 0.15) is 39.6 Å². The quantitative estimate of drug-likeness (QED) is 0.420. The molecule has 9 nitrogen and oxygen atoms in total. The minimum atomic E-state index is -0.367. The van der Waals surface area contributed by atoms with E-state index in [2.05, 4.69) is 15.4 Å². The van der Waals surface area contributed by atoms with Crippen LogP contribution in [0.15, 0.2) is 54.6 Å². The number of benzene rings is 2. The van der Waals surface area contributed by atoms with Gasteiger partial charge < -0.3 is 15.8 Å². The predicted molar refractivity (Wildman–Crippen MR) is 108 cm³/mol. The van der Waals surface area contributed by atoms with Crippen LogP contribution in [0.25, 0.3) is 0 Å². The van der Waals surface area contributed by atoms with Gasteiger partial charge in [0.1, 0.15) is 12.4 Å². The second-order valence-electron chi connectivity index (χ2n) is 6.94. The van der Waals surface area contributed by atoms with E-state index >= 15 is 0 Å². The van der Waals surface area contributed by atoms with E-state index in [1.165, 1.54) is 0 Å². The Kier molecular flexibility index (Phi) is 5.25. The number of hydrogen-bond acceptors (Lipinski definition) is 6. The number of nitrogens with one attached hydrogen (secondary N) is 2. The van der Waals surface area contributed by atoms with Crippen LogP contribution in [-0.4, -0.2) is 39.0 Å². The van der Waals surface area contributed by atoms with E-state index in [0.717, 1.165) is 10.2 Å². The summed E-state index contributed by atoms with van der Waals surface area (Å²) in [6.45, 7) is 0.578. The van der Waals surface area contributed by atoms with Gasteiger partial charge in [-0.1, -0.05) is 42.5 Å². The van der Waals surface area contributed by atoms with E-state index < -0.39 is 0 Å². The van der Waals surface area contributed by atoms with Crippen LogP contribution in [0, 0.1) is 5.41 Å². The third kappa shape index (κ3) is 4.04. The SMILES string of the molecule is N=C(N)c1ccc(COc2nc(C3CNC(=O)C3)nn2C(=O)c2ccccc2)cc1. The number of ether oxygens (including phenoxy) is 1. The topological polar surface area (TPSA) is 136 Å². The summed E-state index contributed by atoms with van der Waals surface area (Å²) in [5, 5.41) is 14.6. The highest BCUT2D eigenvalue weighted by Crippen LogP contribution is 2.23. The molecular formula is C21H20N6O3. The van der Waals surface area contributed by atoms with Gasteiger partial charge in [-0.3, -0.25) is 15.0 Å². The van der Waals surface area contributed by atoms with E-state index in [1.54, 1.807) is 48.5 Å². The average Bonchev–Trinajstić information content (AvgIpc) is 3.39. The zero-order valence-corrected chi connectivity index (χ0v) is 16.0. The zero-order chi connectivity index (χ0) is 21.1. The Bertz CT molecular complexity index is 1090. The van der Waals surface area contributed by atoms with Crippen molar-refractivity contribution in [3.8, 4) is 6.01 Å². The normalized spacial score (nSPS) is 15.6. The van der Waals surface area contributed by atoms with Crippen LogP contribution in [0.5, 0.6) is 6.01 Å². The second-order valence-corrected chi connectivity index (χ2v) is 6.94. The van der Waals surface area contributed by atoms with Gasteiger partial charge in [0.05, 0.1) is 0 Å². The van der Waals surface area contributed by atoms with Crippen molar-refractivity contribution in [1.29, 1.82) is 5.41 Å². The molecule has 4 N–H and O–H groups in total. The molecule has 1 amide bonds. The van der Waals surface area contributed by atoms with Crippen LogP contribution in [0.4, 0.5) is 0 Å². The second kappa shape index (κ2) is 8.16. The van der Waals surface area contributed by atoms with Gasteiger partial charge in [0.25, 0.3) is 5.91 Å². The molecule has 152 valence electrons. The van der Waals surface area contributed by atoms with E-state index in [1.807, 2.05) is 6.07 Å². The lowest BCUT2D eigenvalue weighted by Gasteiger charge is -2.07. The zero-order valence-electron chi connectivity index (χ0n) is 16.0. The van der Waals surface area contributed by atoms with Gasteiger partial charge in [-0.25, -0.2) is 0 Å². The van der Waals surface area contributed by atoms with Crippen molar-refractivity contribution in [2.75, 3.05) is 6.54 Å². The third-order valence-corrected chi connectivity index (χ3v) is 4.78. The van der Waals surface area contributed by atoms with Gasteiger partial charge in [0, 0.05) is 30.0 Å². The molecule has 0 saturated carbocycles. The fraction of sp³-hybridized carbons (Fsp3) is 0.190. The van der Waals surface area contributed by atoms with Gasteiger partial charge in [-0.2, -0.15) is 4.98 Å². The van der Waals surface area contributed by atoms with E-state index in [0.29, 0.717) is 23.5 Å². The van der Waals surface area contributed by atoms with Crippen molar-refractivity contribution in [3.05, 3.63) is 77.1 Å². The molecule has 9 heteroatoms. The first-order valence-corrected chi connectivity index (χ1v) is 9.41. The van der Waals surface area contributed by atoms with Crippen LogP contribution >= 0.6 is 0 Å². The summed E-state index contributed by atoms with van der Waals surface area (Å²) < 4.78 is 6.95. The Balaban J connectivity index is 1.59. The van der Waals surface area contributed by atoms with Gasteiger partial charge >= 0.3 is 6.01 Å². The molecule has 3 aromatic rings. The molecule has 0 aliphatic carbocycles. The maximum absolute atomic E-state index is 13.0. The molecule has 1 aliphatic rings. The number of amidine groups is 1. The fourth-order valence-electron chi connectivity index (χ4n) is 3.13. The minimum Gasteiger partial charge on any atom is -0.458 e. The molecule has 2 aromatic carbocycles. The van der Waals surface area contributed by atoms with E-state index in [9.17, 15) is 9.59 Å². The molecule has 4 rings (SSSR count). The lowest BCUT2D eigenvalue weighted by molar-refractivity contribution is -0.119. The molecule has 1 aliphatic heterocycles. The fourth-order valence-corrected chi connectivity index (χ4v) is 3.13. The molecule has 1 aromatic heterocycles. The van der Waals surface area contributed by atoms with Gasteiger partial charge in [-0.05, 0) is 17.7 Å². The van der Waals surface area contributed by atoms with Crippen molar-refractivity contribution < 1.29 is 14.3 Å². The van der Waals surface area contributed by atoms with Crippen molar-refractivity contribution in [2.24, 2.45) is 5.73 Å². The highest BCUT2D eigenvalue weighted by molar-refractivity contribution is 5.96. The summed E-state index contributed by atoms with van der Waals surface area (Å²) >= 11 is 0. The summed E-state index contributed by atoms with van der Waals surface area (Å²) in [7, 11) is 0. The molecule has 30 heavy (non-hydrogen) atoms. The van der Waals surface area contributed by atoms with Crippen LogP contribution in [0.2, 0.25) is 0 Å². The first kappa shape index (κ1) is 19.3. The number of nitrogens with two attached hydrogens (primary N) is 1. The predicted octanol–water partition coefficient (Wildman–Crippen LogP) is 1.43. The summed E-state index contributed by atoms with van der Waals surface area (Å²) in [5.41, 5.74) is 7.36. The Labute approximate surface area is 172 Å². The maximum atomic E-state index is 13.0. The number of carbonyl (C=O) groups excluding carboxylic acids is 2. The van der Waals surface area contributed by atoms with E-state index in [4.69, 9.17) is 15.9 Å². The summed E-state index contributed by atoms with van der Waals surface area (Å²) in [6.07, 6.45) is 0.273. The Hall–Kier alpha value is -4.01. The largest absolute Gasteiger partial charge is 0.458 e. The molecule has 2 heterocycles.